The number of nitrogens with two attached hydrogens (primary N) is 1. The van der Waals surface area contributed by atoms with Gasteiger partial charge >= 0.3 is 0 Å². The number of anilines is 2. The minimum Gasteiger partial charge on any atom is -0.397 e. The Labute approximate surface area is 124 Å². The summed E-state index contributed by atoms with van der Waals surface area (Å²) in [4.78, 5) is 2.06. The highest BCUT2D eigenvalue weighted by atomic mass is 32.2. The molecule has 7 nitrogen and oxygen atoms in total. The molecule has 0 aromatic heterocycles. The SMILES string of the molecule is CCNS(=O)(=O)c1ccc(N)c(N2CCOCC2CO)c1. The van der Waals surface area contributed by atoms with E-state index in [4.69, 9.17) is 10.5 Å². The number of benzene rings is 1. The van der Waals surface area contributed by atoms with Crippen molar-refractivity contribution in [1.82, 2.24) is 4.72 Å². The molecule has 1 aliphatic heterocycles. The minimum absolute atomic E-state index is 0.0797. The Morgan fingerprint density at radius 2 is 2.29 bits per heavy atom. The van der Waals surface area contributed by atoms with E-state index in [0.717, 1.165) is 0 Å². The Morgan fingerprint density at radius 1 is 1.52 bits per heavy atom. The average molecular weight is 315 g/mol. The summed E-state index contributed by atoms with van der Waals surface area (Å²) in [6, 6.07) is 4.37. The van der Waals surface area contributed by atoms with Crippen molar-refractivity contribution < 1.29 is 18.3 Å². The monoisotopic (exact) mass is 315 g/mol. The average Bonchev–Trinajstić information content (AvgIpc) is 2.47. The second-order valence-corrected chi connectivity index (χ2v) is 6.59. The smallest absolute Gasteiger partial charge is 0.240 e. The summed E-state index contributed by atoms with van der Waals surface area (Å²) in [5, 5.41) is 9.43. The number of ether oxygens (including phenoxy) is 1. The van der Waals surface area contributed by atoms with E-state index in [9.17, 15) is 13.5 Å². The van der Waals surface area contributed by atoms with Crippen molar-refractivity contribution in [2.75, 3.05) is 43.5 Å². The highest BCUT2D eigenvalue weighted by molar-refractivity contribution is 7.89. The van der Waals surface area contributed by atoms with Gasteiger partial charge in [-0.05, 0) is 18.2 Å². The number of nitrogens with zero attached hydrogens (tertiary/aromatic N) is 1. The summed E-state index contributed by atoms with van der Waals surface area (Å²) < 4.78 is 31.9. The molecule has 21 heavy (non-hydrogen) atoms. The van der Waals surface area contributed by atoms with Crippen molar-refractivity contribution in [2.45, 2.75) is 17.9 Å². The maximum atomic E-state index is 12.1. The van der Waals surface area contributed by atoms with Gasteiger partial charge in [0, 0.05) is 13.1 Å². The predicted octanol–water partition coefficient (Wildman–Crippen LogP) is -0.235. The van der Waals surface area contributed by atoms with Crippen LogP contribution in [0.25, 0.3) is 0 Å². The van der Waals surface area contributed by atoms with E-state index in [2.05, 4.69) is 4.72 Å². The van der Waals surface area contributed by atoms with Crippen molar-refractivity contribution in [2.24, 2.45) is 0 Å². The number of hydrogen-bond acceptors (Lipinski definition) is 6. The Bertz CT molecular complexity index is 591. The first-order valence-corrected chi connectivity index (χ1v) is 8.32. The summed E-state index contributed by atoms with van der Waals surface area (Å²) in [7, 11) is -3.54. The molecule has 1 atom stereocenters. The highest BCUT2D eigenvalue weighted by Gasteiger charge is 2.25. The van der Waals surface area contributed by atoms with Gasteiger partial charge in [-0.3, -0.25) is 0 Å². The van der Waals surface area contributed by atoms with Gasteiger partial charge in [0.1, 0.15) is 0 Å². The van der Waals surface area contributed by atoms with E-state index >= 15 is 0 Å². The molecule has 1 fully saturated rings. The summed E-state index contributed by atoms with van der Waals surface area (Å²) in [5.74, 6) is 0. The van der Waals surface area contributed by atoms with Crippen LogP contribution in [0.2, 0.25) is 0 Å². The first kappa shape index (κ1) is 16.0. The van der Waals surface area contributed by atoms with Gasteiger partial charge in [0.15, 0.2) is 0 Å². The molecule has 2 rings (SSSR count). The summed E-state index contributed by atoms with van der Waals surface area (Å²) in [6.07, 6.45) is 0. The molecule has 1 unspecified atom stereocenters. The van der Waals surface area contributed by atoms with E-state index in [1.54, 1.807) is 19.1 Å². The Kier molecular flexibility index (Phi) is 5.04. The molecular formula is C13H21N3O4S. The standard InChI is InChI=1S/C13H21N3O4S/c1-2-15-21(18,19)11-3-4-12(14)13(7-11)16-5-6-20-9-10(16)8-17/h3-4,7,10,15,17H,2,5-6,8-9,14H2,1H3. The Balaban J connectivity index is 2.39. The third-order valence-corrected chi connectivity index (χ3v) is 4.94. The number of morpholine rings is 1. The molecule has 0 bridgehead atoms. The van der Waals surface area contributed by atoms with Crippen molar-refractivity contribution >= 4 is 21.4 Å². The van der Waals surface area contributed by atoms with Crippen LogP contribution in [0, 0.1) is 0 Å². The largest absolute Gasteiger partial charge is 0.397 e. The first-order chi connectivity index (χ1) is 9.99. The Hall–Kier alpha value is -1.35. The molecule has 118 valence electrons. The van der Waals surface area contributed by atoms with Crippen LogP contribution >= 0.6 is 0 Å². The van der Waals surface area contributed by atoms with Crippen LogP contribution in [-0.4, -0.2) is 52.5 Å². The predicted molar refractivity (Wildman–Crippen MR) is 80.8 cm³/mol. The molecule has 1 aromatic carbocycles. The molecule has 0 aliphatic carbocycles. The van der Waals surface area contributed by atoms with E-state index in [1.165, 1.54) is 6.07 Å². The quantitative estimate of drug-likeness (QED) is 0.648. The maximum absolute atomic E-state index is 12.1. The lowest BCUT2D eigenvalue weighted by atomic mass is 10.1. The molecule has 1 aliphatic rings. The number of aliphatic hydroxyl groups is 1. The van der Waals surface area contributed by atoms with Crippen LogP contribution in [-0.2, 0) is 14.8 Å². The molecular weight excluding hydrogens is 294 g/mol. The lowest BCUT2D eigenvalue weighted by Crippen LogP contribution is -2.48. The van der Waals surface area contributed by atoms with Crippen molar-refractivity contribution in [3.8, 4) is 0 Å². The summed E-state index contributed by atoms with van der Waals surface area (Å²) >= 11 is 0. The van der Waals surface area contributed by atoms with Crippen LogP contribution in [0.15, 0.2) is 23.1 Å². The van der Waals surface area contributed by atoms with Crippen molar-refractivity contribution in [3.05, 3.63) is 18.2 Å². The highest BCUT2D eigenvalue weighted by Crippen LogP contribution is 2.29. The number of nitrogen functional groups attached to an aromatic ring is 1. The van der Waals surface area contributed by atoms with Gasteiger partial charge in [0.25, 0.3) is 0 Å². The first-order valence-electron chi connectivity index (χ1n) is 6.84. The maximum Gasteiger partial charge on any atom is 0.240 e. The Morgan fingerprint density at radius 3 is 2.95 bits per heavy atom. The molecule has 1 aromatic rings. The van der Waals surface area contributed by atoms with Gasteiger partial charge in [0.05, 0.1) is 42.1 Å². The third-order valence-electron chi connectivity index (χ3n) is 3.39. The van der Waals surface area contributed by atoms with Gasteiger partial charge in [-0.1, -0.05) is 6.92 Å². The zero-order valence-electron chi connectivity index (χ0n) is 11.9. The molecule has 0 spiro atoms. The fraction of sp³-hybridized carbons (Fsp3) is 0.538. The number of sulfonamides is 1. The van der Waals surface area contributed by atoms with Gasteiger partial charge < -0.3 is 20.5 Å². The third kappa shape index (κ3) is 3.46. The topological polar surface area (TPSA) is 105 Å². The van der Waals surface area contributed by atoms with Crippen LogP contribution < -0.4 is 15.4 Å². The van der Waals surface area contributed by atoms with Crippen LogP contribution in [0.3, 0.4) is 0 Å². The van der Waals surface area contributed by atoms with Gasteiger partial charge in [-0.25, -0.2) is 13.1 Å². The normalized spacial score (nSPS) is 19.7. The summed E-state index contributed by atoms with van der Waals surface area (Å²) in [5.41, 5.74) is 7.06. The number of hydrogen-bond donors (Lipinski definition) is 3. The molecule has 4 N–H and O–H groups in total. The van der Waals surface area contributed by atoms with Crippen LogP contribution in [0.1, 0.15) is 6.92 Å². The second-order valence-electron chi connectivity index (χ2n) is 4.83. The molecule has 1 saturated heterocycles. The van der Waals surface area contributed by atoms with E-state index < -0.39 is 10.0 Å². The number of rotatable bonds is 5. The second kappa shape index (κ2) is 6.61. The van der Waals surface area contributed by atoms with E-state index in [1.807, 2.05) is 4.90 Å². The van der Waals surface area contributed by atoms with Crippen molar-refractivity contribution in [3.63, 3.8) is 0 Å². The van der Waals surface area contributed by atoms with E-state index in [0.29, 0.717) is 37.7 Å². The van der Waals surface area contributed by atoms with Crippen LogP contribution in [0.5, 0.6) is 0 Å². The fourth-order valence-electron chi connectivity index (χ4n) is 2.34. The zero-order chi connectivity index (χ0) is 15.5. The van der Waals surface area contributed by atoms with Gasteiger partial charge in [-0.15, -0.1) is 0 Å². The zero-order valence-corrected chi connectivity index (χ0v) is 12.8. The van der Waals surface area contributed by atoms with Gasteiger partial charge in [0.2, 0.25) is 10.0 Å². The molecule has 0 radical (unpaired) electrons. The van der Waals surface area contributed by atoms with Gasteiger partial charge in [-0.2, -0.15) is 0 Å². The minimum atomic E-state index is -3.54. The molecule has 8 heteroatoms. The van der Waals surface area contributed by atoms with E-state index in [-0.39, 0.29) is 17.5 Å². The number of nitrogens with one attached hydrogen (secondary N) is 1. The fourth-order valence-corrected chi connectivity index (χ4v) is 3.40. The molecule has 1 heterocycles. The van der Waals surface area contributed by atoms with Crippen molar-refractivity contribution in [1.29, 1.82) is 0 Å². The number of aliphatic hydroxyl groups excluding tert-OH is 1. The molecule has 0 amide bonds. The van der Waals surface area contributed by atoms with Crippen LogP contribution in [0.4, 0.5) is 11.4 Å². The lowest BCUT2D eigenvalue weighted by molar-refractivity contribution is 0.0728. The summed E-state index contributed by atoms with van der Waals surface area (Å²) in [6.45, 7) is 3.42. The lowest BCUT2D eigenvalue weighted by Gasteiger charge is -2.37. The molecule has 0 saturated carbocycles.